The predicted octanol–water partition coefficient (Wildman–Crippen LogP) is 4.03. The van der Waals surface area contributed by atoms with E-state index in [0.717, 1.165) is 12.5 Å². The Labute approximate surface area is 109 Å². The fourth-order valence-corrected chi connectivity index (χ4v) is 2.00. The lowest BCUT2D eigenvalue weighted by atomic mass is 10.0. The molecule has 0 saturated carbocycles. The second kappa shape index (κ2) is 5.40. The van der Waals surface area contributed by atoms with Crippen molar-refractivity contribution in [2.75, 3.05) is 0 Å². The third-order valence-corrected chi connectivity index (χ3v) is 2.90. The molecule has 2 rings (SSSR count). The zero-order valence-corrected chi connectivity index (χ0v) is 10.5. The Morgan fingerprint density at radius 3 is 2.67 bits per heavy atom. The number of hydrogen-bond donors (Lipinski definition) is 0. The highest BCUT2D eigenvalue weighted by Gasteiger charge is 2.14. The first-order valence-corrected chi connectivity index (χ1v) is 5.96. The molecule has 0 saturated heterocycles. The van der Waals surface area contributed by atoms with E-state index in [1.807, 2.05) is 6.92 Å². The van der Waals surface area contributed by atoms with E-state index in [2.05, 4.69) is 9.97 Å². The largest absolute Gasteiger partial charge is 0.236 e. The number of benzene rings is 1. The zero-order valence-electron chi connectivity index (χ0n) is 9.75. The molecule has 1 heterocycles. The summed E-state index contributed by atoms with van der Waals surface area (Å²) in [6, 6.07) is 3.40. The average Bonchev–Trinajstić information content (AvgIpc) is 2.32. The Morgan fingerprint density at radius 2 is 2.00 bits per heavy atom. The lowest BCUT2D eigenvalue weighted by Crippen LogP contribution is -1.98. The molecule has 0 aliphatic carbocycles. The Bertz CT molecular complexity index is 573. The van der Waals surface area contributed by atoms with Crippen molar-refractivity contribution in [3.63, 3.8) is 0 Å². The summed E-state index contributed by atoms with van der Waals surface area (Å²) in [6.07, 6.45) is 2.76. The number of hydrogen-bond acceptors (Lipinski definition) is 2. The molecule has 1 aromatic carbocycles. The Hall–Kier alpha value is -1.55. The van der Waals surface area contributed by atoms with Crippen LogP contribution in [0.3, 0.4) is 0 Å². The second-order valence-corrected chi connectivity index (χ2v) is 4.22. The molecule has 0 unspecified atom stereocenters. The van der Waals surface area contributed by atoms with Crippen molar-refractivity contribution in [1.82, 2.24) is 9.97 Å². The Balaban J connectivity index is 2.59. The first-order valence-electron chi connectivity index (χ1n) is 5.58. The minimum absolute atomic E-state index is 0.240. The fourth-order valence-electron chi connectivity index (χ4n) is 1.78. The van der Waals surface area contributed by atoms with Gasteiger partial charge in [0.2, 0.25) is 0 Å². The van der Waals surface area contributed by atoms with Crippen LogP contribution in [-0.2, 0) is 6.42 Å². The summed E-state index contributed by atoms with van der Waals surface area (Å²) in [6.45, 7) is 1.98. The first kappa shape index (κ1) is 12.9. The van der Waals surface area contributed by atoms with Gasteiger partial charge in [0.1, 0.15) is 23.1 Å². The van der Waals surface area contributed by atoms with E-state index in [-0.39, 0.29) is 5.56 Å². The van der Waals surface area contributed by atoms with E-state index >= 15 is 0 Å². The van der Waals surface area contributed by atoms with Crippen LogP contribution in [0.25, 0.3) is 11.3 Å². The fraction of sp³-hybridized carbons (Fsp3) is 0.231. The monoisotopic (exact) mass is 268 g/mol. The number of halogens is 3. The van der Waals surface area contributed by atoms with Crippen LogP contribution in [0.5, 0.6) is 0 Å². The SMILES string of the molecule is CCCc1c(Cl)ncnc1-c1ccc(F)cc1F. The summed E-state index contributed by atoms with van der Waals surface area (Å²) >= 11 is 5.99. The van der Waals surface area contributed by atoms with Crippen LogP contribution < -0.4 is 0 Å². The van der Waals surface area contributed by atoms with E-state index in [1.165, 1.54) is 18.5 Å². The first-order chi connectivity index (χ1) is 8.63. The Kier molecular flexibility index (Phi) is 3.87. The minimum Gasteiger partial charge on any atom is -0.236 e. The van der Waals surface area contributed by atoms with Crippen LogP contribution in [0.4, 0.5) is 8.78 Å². The van der Waals surface area contributed by atoms with Gasteiger partial charge in [0.25, 0.3) is 0 Å². The zero-order chi connectivity index (χ0) is 13.1. The normalized spacial score (nSPS) is 10.7. The number of aromatic nitrogens is 2. The van der Waals surface area contributed by atoms with E-state index in [4.69, 9.17) is 11.6 Å². The molecule has 94 valence electrons. The lowest BCUT2D eigenvalue weighted by molar-refractivity contribution is 0.585. The highest BCUT2D eigenvalue weighted by Crippen LogP contribution is 2.28. The van der Waals surface area contributed by atoms with Crippen LogP contribution in [0.1, 0.15) is 18.9 Å². The summed E-state index contributed by atoms with van der Waals surface area (Å²) < 4.78 is 26.6. The molecule has 2 nitrogen and oxygen atoms in total. The molecule has 0 spiro atoms. The van der Waals surface area contributed by atoms with Crippen molar-refractivity contribution in [2.45, 2.75) is 19.8 Å². The van der Waals surface area contributed by atoms with Crippen molar-refractivity contribution in [1.29, 1.82) is 0 Å². The smallest absolute Gasteiger partial charge is 0.136 e. The van der Waals surface area contributed by atoms with E-state index in [1.54, 1.807) is 0 Å². The van der Waals surface area contributed by atoms with Gasteiger partial charge in [-0.05, 0) is 18.6 Å². The molecular weight excluding hydrogens is 258 g/mol. The van der Waals surface area contributed by atoms with Crippen LogP contribution in [0.15, 0.2) is 24.5 Å². The second-order valence-electron chi connectivity index (χ2n) is 3.87. The van der Waals surface area contributed by atoms with Crippen molar-refractivity contribution in [2.24, 2.45) is 0 Å². The molecule has 18 heavy (non-hydrogen) atoms. The van der Waals surface area contributed by atoms with Crippen molar-refractivity contribution in [3.05, 3.63) is 46.9 Å². The maximum Gasteiger partial charge on any atom is 0.136 e. The number of rotatable bonds is 3. The summed E-state index contributed by atoms with van der Waals surface area (Å²) in [5.74, 6) is -1.27. The molecule has 2 aromatic rings. The molecule has 0 N–H and O–H groups in total. The molecule has 0 radical (unpaired) electrons. The molecule has 0 atom stereocenters. The maximum atomic E-state index is 13.7. The van der Waals surface area contributed by atoms with Gasteiger partial charge in [-0.3, -0.25) is 0 Å². The van der Waals surface area contributed by atoms with Crippen molar-refractivity contribution >= 4 is 11.6 Å². The van der Waals surface area contributed by atoms with Gasteiger partial charge in [0.05, 0.1) is 5.69 Å². The van der Waals surface area contributed by atoms with Crippen LogP contribution in [0.2, 0.25) is 5.15 Å². The molecular formula is C13H11ClF2N2. The Morgan fingerprint density at radius 1 is 1.22 bits per heavy atom. The van der Waals surface area contributed by atoms with Gasteiger partial charge in [-0.1, -0.05) is 24.9 Å². The highest BCUT2D eigenvalue weighted by atomic mass is 35.5. The minimum atomic E-state index is -0.651. The van der Waals surface area contributed by atoms with Crippen molar-refractivity contribution in [3.8, 4) is 11.3 Å². The average molecular weight is 269 g/mol. The molecule has 0 amide bonds. The van der Waals surface area contributed by atoms with Crippen LogP contribution >= 0.6 is 11.6 Å². The summed E-state index contributed by atoms with van der Waals surface area (Å²) in [4.78, 5) is 7.95. The van der Waals surface area contributed by atoms with Crippen molar-refractivity contribution < 1.29 is 8.78 Å². The summed E-state index contributed by atoms with van der Waals surface area (Å²) in [5, 5.41) is 0.311. The third-order valence-electron chi connectivity index (χ3n) is 2.58. The standard InChI is InChI=1S/C13H11ClF2N2/c1-2-3-10-12(17-7-18-13(10)14)9-5-4-8(15)6-11(9)16/h4-7H,2-3H2,1H3. The van der Waals surface area contributed by atoms with E-state index in [0.29, 0.717) is 22.8 Å². The van der Waals surface area contributed by atoms with Gasteiger partial charge in [-0.25, -0.2) is 18.7 Å². The van der Waals surface area contributed by atoms with Gasteiger partial charge in [0.15, 0.2) is 0 Å². The maximum absolute atomic E-state index is 13.7. The van der Waals surface area contributed by atoms with E-state index < -0.39 is 11.6 Å². The number of nitrogens with zero attached hydrogens (tertiary/aromatic N) is 2. The van der Waals surface area contributed by atoms with Gasteiger partial charge in [-0.15, -0.1) is 0 Å². The van der Waals surface area contributed by atoms with E-state index in [9.17, 15) is 8.78 Å². The van der Waals surface area contributed by atoms with Gasteiger partial charge < -0.3 is 0 Å². The van der Waals surface area contributed by atoms with Gasteiger partial charge >= 0.3 is 0 Å². The van der Waals surface area contributed by atoms with Gasteiger partial charge in [0, 0.05) is 17.2 Å². The summed E-state index contributed by atoms with van der Waals surface area (Å²) in [5.41, 5.74) is 1.35. The lowest BCUT2D eigenvalue weighted by Gasteiger charge is -2.09. The topological polar surface area (TPSA) is 25.8 Å². The quantitative estimate of drug-likeness (QED) is 0.786. The predicted molar refractivity (Wildman–Crippen MR) is 66.4 cm³/mol. The molecule has 1 aromatic heterocycles. The van der Waals surface area contributed by atoms with Crippen LogP contribution in [0, 0.1) is 11.6 Å². The third kappa shape index (κ3) is 2.48. The molecule has 0 aliphatic rings. The molecule has 0 aliphatic heterocycles. The van der Waals surface area contributed by atoms with Crippen LogP contribution in [-0.4, -0.2) is 9.97 Å². The highest BCUT2D eigenvalue weighted by molar-refractivity contribution is 6.30. The van der Waals surface area contributed by atoms with Gasteiger partial charge in [-0.2, -0.15) is 0 Å². The molecule has 0 fully saturated rings. The molecule has 0 bridgehead atoms. The molecule has 5 heteroatoms. The summed E-state index contributed by atoms with van der Waals surface area (Å²) in [7, 11) is 0.